The Labute approximate surface area is 165 Å². The highest BCUT2D eigenvalue weighted by atomic mass is 16.5. The Hall–Kier alpha value is -2.49. The fraction of sp³-hybridized carbons (Fsp3) is 0.722. The molecule has 0 saturated heterocycles. The highest BCUT2D eigenvalue weighted by molar-refractivity contribution is 5.80. The Kier molecular flexibility index (Phi) is 8.37. The molecule has 2 amide bonds. The topological polar surface area (TPSA) is 124 Å². The van der Waals surface area contributed by atoms with Crippen LogP contribution in [0.3, 0.4) is 0 Å². The van der Waals surface area contributed by atoms with Gasteiger partial charge in [-0.2, -0.15) is 15.0 Å². The van der Waals surface area contributed by atoms with E-state index in [9.17, 15) is 14.8 Å². The van der Waals surface area contributed by atoms with E-state index in [1.807, 2.05) is 21.0 Å². The normalized spacial score (nSPS) is 16.0. The summed E-state index contributed by atoms with van der Waals surface area (Å²) in [5.74, 6) is 0.657. The number of hydrogen-bond donors (Lipinski definition) is 3. The number of amides is 2. The first-order valence-corrected chi connectivity index (χ1v) is 9.83. The van der Waals surface area contributed by atoms with Gasteiger partial charge in [-0.25, -0.2) is 5.06 Å². The number of anilines is 2. The van der Waals surface area contributed by atoms with E-state index < -0.39 is 5.92 Å². The maximum atomic E-state index is 12.8. The van der Waals surface area contributed by atoms with Crippen molar-refractivity contribution in [1.29, 1.82) is 0 Å². The number of hydroxylamine groups is 2. The summed E-state index contributed by atoms with van der Waals surface area (Å²) in [5, 5.41) is 10.2. The smallest absolute Gasteiger partial charge is 0.246 e. The molecule has 1 aromatic rings. The van der Waals surface area contributed by atoms with Crippen LogP contribution in [0.5, 0.6) is 0 Å². The van der Waals surface area contributed by atoms with Gasteiger partial charge in [0.2, 0.25) is 24.2 Å². The molecule has 10 heteroatoms. The van der Waals surface area contributed by atoms with Gasteiger partial charge < -0.3 is 4.90 Å². The number of hydrazine groups is 1. The summed E-state index contributed by atoms with van der Waals surface area (Å²) < 4.78 is 0. The molecule has 1 fully saturated rings. The van der Waals surface area contributed by atoms with Crippen molar-refractivity contribution in [3.05, 3.63) is 5.82 Å². The molecule has 1 atom stereocenters. The van der Waals surface area contributed by atoms with E-state index in [4.69, 9.17) is 0 Å². The summed E-state index contributed by atoms with van der Waals surface area (Å²) in [7, 11) is 3.66. The molecule has 0 unspecified atom stereocenters. The van der Waals surface area contributed by atoms with Crippen molar-refractivity contribution in [2.24, 2.45) is 11.8 Å². The van der Waals surface area contributed by atoms with Crippen LogP contribution in [0.15, 0.2) is 0 Å². The van der Waals surface area contributed by atoms with Crippen molar-refractivity contribution in [2.45, 2.75) is 51.9 Å². The van der Waals surface area contributed by atoms with Crippen LogP contribution in [-0.4, -0.2) is 58.2 Å². The van der Waals surface area contributed by atoms with Gasteiger partial charge in [0, 0.05) is 20.5 Å². The molecule has 1 aromatic heterocycles. The number of rotatable bonds is 9. The summed E-state index contributed by atoms with van der Waals surface area (Å²) in [5.41, 5.74) is 5.41. The Balaban J connectivity index is 2.09. The molecule has 2 rings (SSSR count). The number of carbonyl (C=O) groups excluding carboxylic acids is 2. The molecule has 28 heavy (non-hydrogen) atoms. The number of nitrogens with one attached hydrogen (secondary N) is 2. The van der Waals surface area contributed by atoms with Crippen molar-refractivity contribution in [1.82, 2.24) is 25.4 Å². The van der Waals surface area contributed by atoms with E-state index in [-0.39, 0.29) is 24.3 Å². The second-order valence-electron chi connectivity index (χ2n) is 7.32. The van der Waals surface area contributed by atoms with Crippen molar-refractivity contribution < 1.29 is 14.8 Å². The van der Waals surface area contributed by atoms with Crippen LogP contribution in [-0.2, 0) is 16.0 Å². The lowest BCUT2D eigenvalue weighted by Crippen LogP contribution is -2.44. The van der Waals surface area contributed by atoms with Crippen LogP contribution in [0, 0.1) is 11.8 Å². The lowest BCUT2D eigenvalue weighted by molar-refractivity contribution is -0.156. The van der Waals surface area contributed by atoms with Crippen LogP contribution in [0.1, 0.15) is 51.3 Å². The largest absolute Gasteiger partial charge is 0.347 e. The second kappa shape index (κ2) is 10.7. The maximum absolute atomic E-state index is 12.8. The Morgan fingerprint density at radius 3 is 2.46 bits per heavy atom. The highest BCUT2D eigenvalue weighted by Crippen LogP contribution is 2.29. The lowest BCUT2D eigenvalue weighted by atomic mass is 9.85. The molecular weight excluding hydrogens is 362 g/mol. The van der Waals surface area contributed by atoms with E-state index in [0.717, 1.165) is 38.5 Å². The van der Waals surface area contributed by atoms with Crippen LogP contribution < -0.4 is 15.8 Å². The van der Waals surface area contributed by atoms with Gasteiger partial charge in [0.1, 0.15) is 5.82 Å². The Morgan fingerprint density at radius 2 is 1.89 bits per heavy atom. The van der Waals surface area contributed by atoms with Crippen LogP contribution in [0.4, 0.5) is 11.9 Å². The van der Waals surface area contributed by atoms with Crippen molar-refractivity contribution >= 4 is 24.2 Å². The summed E-state index contributed by atoms with van der Waals surface area (Å²) in [6.07, 6.45) is 7.17. The zero-order chi connectivity index (χ0) is 20.5. The maximum Gasteiger partial charge on any atom is 0.246 e. The minimum Gasteiger partial charge on any atom is -0.347 e. The molecule has 10 nitrogen and oxygen atoms in total. The predicted octanol–water partition coefficient (Wildman–Crippen LogP) is 1.38. The first kappa shape index (κ1) is 21.8. The van der Waals surface area contributed by atoms with Gasteiger partial charge in [0.25, 0.3) is 0 Å². The predicted molar refractivity (Wildman–Crippen MR) is 105 cm³/mol. The van der Waals surface area contributed by atoms with E-state index in [2.05, 4.69) is 25.8 Å². The van der Waals surface area contributed by atoms with E-state index >= 15 is 0 Å². The lowest BCUT2D eigenvalue weighted by Gasteiger charge is -2.27. The first-order chi connectivity index (χ1) is 13.4. The molecule has 0 aliphatic heterocycles. The quantitative estimate of drug-likeness (QED) is 0.249. The number of aryl methyl sites for hydroxylation is 1. The summed E-state index contributed by atoms with van der Waals surface area (Å²) in [6, 6.07) is 0. The Morgan fingerprint density at radius 1 is 1.21 bits per heavy atom. The zero-order valence-electron chi connectivity index (χ0n) is 16.9. The van der Waals surface area contributed by atoms with Crippen molar-refractivity contribution in [3.8, 4) is 0 Å². The van der Waals surface area contributed by atoms with E-state index in [1.165, 1.54) is 0 Å². The number of hydrogen-bond acceptors (Lipinski definition) is 8. The molecule has 3 N–H and O–H groups in total. The van der Waals surface area contributed by atoms with E-state index in [1.54, 1.807) is 4.90 Å². The van der Waals surface area contributed by atoms with Crippen molar-refractivity contribution in [2.75, 3.05) is 31.0 Å². The molecular formula is C18H31N7O3. The molecule has 1 heterocycles. The van der Waals surface area contributed by atoms with Gasteiger partial charge in [-0.3, -0.25) is 25.6 Å². The monoisotopic (exact) mass is 393 g/mol. The number of aromatic nitrogens is 3. The third-order valence-electron chi connectivity index (χ3n) is 4.99. The standard InChI is InChI=1S/C18H31N7O3/c1-4-15-19-17(21-18(20-15)24(2)3)23-22-16(27)14(11-25(28)12-26)13-9-7-5-6-8-10-13/h12-14,28H,4-11H2,1-3H3,(H,22,27)(H,19,20,21,23)/t14-/m0/s1. The van der Waals surface area contributed by atoms with Gasteiger partial charge >= 0.3 is 0 Å². The fourth-order valence-electron chi connectivity index (χ4n) is 3.44. The number of carbonyl (C=O) groups is 2. The number of nitrogens with zero attached hydrogens (tertiary/aromatic N) is 5. The molecule has 156 valence electrons. The fourth-order valence-corrected chi connectivity index (χ4v) is 3.44. The molecule has 0 spiro atoms. The van der Waals surface area contributed by atoms with Gasteiger partial charge in [-0.15, -0.1) is 0 Å². The summed E-state index contributed by atoms with van der Waals surface area (Å²) in [4.78, 5) is 38.3. The van der Waals surface area contributed by atoms with Gasteiger partial charge in [0.15, 0.2) is 0 Å². The van der Waals surface area contributed by atoms with Gasteiger partial charge in [0.05, 0.1) is 12.5 Å². The van der Waals surface area contributed by atoms with Gasteiger partial charge in [-0.05, 0) is 18.8 Å². The summed E-state index contributed by atoms with van der Waals surface area (Å²) in [6.45, 7) is 1.90. The van der Waals surface area contributed by atoms with Crippen LogP contribution in [0.25, 0.3) is 0 Å². The molecule has 1 aliphatic rings. The highest BCUT2D eigenvalue weighted by Gasteiger charge is 2.30. The molecule has 1 saturated carbocycles. The summed E-state index contributed by atoms with van der Waals surface area (Å²) >= 11 is 0. The van der Waals surface area contributed by atoms with Gasteiger partial charge in [-0.1, -0.05) is 32.6 Å². The van der Waals surface area contributed by atoms with E-state index in [0.29, 0.717) is 29.7 Å². The molecule has 0 aromatic carbocycles. The second-order valence-corrected chi connectivity index (χ2v) is 7.32. The third kappa shape index (κ3) is 6.29. The minimum absolute atomic E-state index is 0.0396. The zero-order valence-corrected chi connectivity index (χ0v) is 16.9. The third-order valence-corrected chi connectivity index (χ3v) is 4.99. The van der Waals surface area contributed by atoms with Crippen LogP contribution >= 0.6 is 0 Å². The molecule has 1 aliphatic carbocycles. The molecule has 0 bridgehead atoms. The minimum atomic E-state index is -0.512. The first-order valence-electron chi connectivity index (χ1n) is 9.83. The average Bonchev–Trinajstić information content (AvgIpc) is 2.98. The SMILES string of the molecule is CCc1nc(NNC(=O)[C@@H](CN(O)C=O)C2CCCCCC2)nc(N(C)C)n1. The Bertz CT molecular complexity index is 648. The van der Waals surface area contributed by atoms with Crippen LogP contribution in [0.2, 0.25) is 0 Å². The van der Waals surface area contributed by atoms with Crippen molar-refractivity contribution in [3.63, 3.8) is 0 Å². The molecule has 0 radical (unpaired) electrons. The average molecular weight is 393 g/mol.